The molecule has 0 aliphatic rings. The van der Waals surface area contributed by atoms with Crippen molar-refractivity contribution in [2.45, 2.75) is 0 Å². The van der Waals surface area contributed by atoms with Crippen molar-refractivity contribution in [3.63, 3.8) is 0 Å². The van der Waals surface area contributed by atoms with E-state index >= 15 is 0 Å². The standard InChI is InChI=1S/C46H31N3/c1-48-43(30-13-4-2-5-14-30)29-42(47)40-21-12-20-39-35-18-9-8-17-34(35)36-25-23-31(27-41(36)46(39)40)32-24-26-38-37-19-10-11-22-44(37)49(45(38)28-32)33-15-6-3-7-16-33/h2-29,47H,1H2/b43-29-,47-42?. The van der Waals surface area contributed by atoms with Crippen molar-refractivity contribution in [1.82, 2.24) is 4.57 Å². The van der Waals surface area contributed by atoms with Crippen LogP contribution in [0.25, 0.3) is 76.6 Å². The second-order valence-electron chi connectivity index (χ2n) is 12.4. The van der Waals surface area contributed by atoms with Gasteiger partial charge in [0.1, 0.15) is 0 Å². The molecule has 8 aromatic carbocycles. The summed E-state index contributed by atoms with van der Waals surface area (Å²) in [5.74, 6) is 0. The van der Waals surface area contributed by atoms with E-state index in [9.17, 15) is 5.41 Å². The van der Waals surface area contributed by atoms with Gasteiger partial charge in [-0.3, -0.25) is 4.99 Å². The fourth-order valence-corrected chi connectivity index (χ4v) is 7.46. The number of aromatic nitrogens is 1. The molecule has 0 fully saturated rings. The van der Waals surface area contributed by atoms with E-state index in [1.54, 1.807) is 0 Å². The molecule has 49 heavy (non-hydrogen) atoms. The van der Waals surface area contributed by atoms with Crippen LogP contribution in [0, 0.1) is 5.41 Å². The highest BCUT2D eigenvalue weighted by atomic mass is 15.0. The van der Waals surface area contributed by atoms with Gasteiger partial charge in [-0.05, 0) is 86.6 Å². The van der Waals surface area contributed by atoms with Crippen molar-refractivity contribution < 1.29 is 0 Å². The van der Waals surface area contributed by atoms with E-state index < -0.39 is 0 Å². The molecule has 0 saturated carbocycles. The third-order valence-electron chi connectivity index (χ3n) is 9.69. The van der Waals surface area contributed by atoms with Crippen LogP contribution in [0.1, 0.15) is 11.1 Å². The molecule has 1 heterocycles. The summed E-state index contributed by atoms with van der Waals surface area (Å²) in [5.41, 5.74) is 8.65. The number of benzene rings is 8. The van der Waals surface area contributed by atoms with E-state index in [2.05, 4.69) is 150 Å². The molecule has 1 aromatic heterocycles. The molecule has 0 bridgehead atoms. The molecule has 3 heteroatoms. The second-order valence-corrected chi connectivity index (χ2v) is 12.4. The molecular formula is C46H31N3. The summed E-state index contributed by atoms with van der Waals surface area (Å²) in [6.07, 6.45) is 1.83. The molecule has 1 N–H and O–H groups in total. The van der Waals surface area contributed by atoms with Gasteiger partial charge in [-0.15, -0.1) is 0 Å². The van der Waals surface area contributed by atoms with Gasteiger partial charge >= 0.3 is 0 Å². The first kappa shape index (κ1) is 28.6. The Balaban J connectivity index is 1.30. The van der Waals surface area contributed by atoms with Crippen LogP contribution in [-0.4, -0.2) is 17.0 Å². The molecule has 0 aliphatic carbocycles. The highest BCUT2D eigenvalue weighted by molar-refractivity contribution is 6.31. The molecule has 9 aromatic rings. The van der Waals surface area contributed by atoms with Gasteiger partial charge in [0.15, 0.2) is 0 Å². The fourth-order valence-electron chi connectivity index (χ4n) is 7.46. The van der Waals surface area contributed by atoms with Crippen LogP contribution < -0.4 is 0 Å². The van der Waals surface area contributed by atoms with E-state index in [1.165, 1.54) is 38.0 Å². The average Bonchev–Trinajstić information content (AvgIpc) is 3.51. The smallest absolute Gasteiger partial charge is 0.0716 e. The average molecular weight is 626 g/mol. The Labute approximate surface area is 284 Å². The van der Waals surface area contributed by atoms with Crippen LogP contribution in [0.4, 0.5) is 0 Å². The second kappa shape index (κ2) is 11.6. The molecule has 0 saturated heterocycles. The number of aliphatic imine (C=N–C) groups is 1. The molecule has 0 radical (unpaired) electrons. The van der Waals surface area contributed by atoms with Gasteiger partial charge in [0.25, 0.3) is 0 Å². The molecule has 230 valence electrons. The zero-order valence-electron chi connectivity index (χ0n) is 26.8. The van der Waals surface area contributed by atoms with Crippen LogP contribution in [0.3, 0.4) is 0 Å². The van der Waals surface area contributed by atoms with Crippen molar-refractivity contribution in [3.05, 3.63) is 181 Å². The largest absolute Gasteiger partial charge is 0.309 e. The van der Waals surface area contributed by atoms with Gasteiger partial charge in [-0.2, -0.15) is 0 Å². The number of nitrogens with zero attached hydrogens (tertiary/aromatic N) is 2. The third-order valence-corrected chi connectivity index (χ3v) is 9.69. The summed E-state index contributed by atoms with van der Waals surface area (Å²) in [6.45, 7) is 3.83. The third kappa shape index (κ3) is 4.67. The summed E-state index contributed by atoms with van der Waals surface area (Å²) < 4.78 is 2.36. The molecule has 0 atom stereocenters. The summed E-state index contributed by atoms with van der Waals surface area (Å²) in [6, 6.07) is 57.6. The lowest BCUT2D eigenvalue weighted by molar-refractivity contribution is 1.18. The Bertz CT molecular complexity index is 2790. The van der Waals surface area contributed by atoms with Crippen molar-refractivity contribution in [1.29, 1.82) is 5.41 Å². The maximum absolute atomic E-state index is 9.38. The van der Waals surface area contributed by atoms with E-state index in [-0.39, 0.29) is 0 Å². The summed E-state index contributed by atoms with van der Waals surface area (Å²) >= 11 is 0. The Morgan fingerprint density at radius 3 is 1.84 bits per heavy atom. The zero-order valence-corrected chi connectivity index (χ0v) is 26.8. The lowest BCUT2D eigenvalue weighted by atomic mass is 9.88. The molecule has 0 spiro atoms. The molecule has 0 aliphatic heterocycles. The number of hydrogen-bond acceptors (Lipinski definition) is 2. The van der Waals surface area contributed by atoms with E-state index in [4.69, 9.17) is 0 Å². The van der Waals surface area contributed by atoms with Crippen LogP contribution >= 0.6 is 0 Å². The number of allylic oxidation sites excluding steroid dienone is 1. The van der Waals surface area contributed by atoms with Crippen LogP contribution in [0.2, 0.25) is 0 Å². The van der Waals surface area contributed by atoms with Crippen LogP contribution in [-0.2, 0) is 0 Å². The van der Waals surface area contributed by atoms with Crippen molar-refractivity contribution in [2.75, 3.05) is 0 Å². The highest BCUT2D eigenvalue weighted by Gasteiger charge is 2.17. The van der Waals surface area contributed by atoms with Gasteiger partial charge in [-0.25, -0.2) is 0 Å². The molecule has 0 unspecified atom stereocenters. The van der Waals surface area contributed by atoms with Gasteiger partial charge in [-0.1, -0.05) is 133 Å². The SMILES string of the molecule is C=N/C(=C\C(=N)c1cccc2c3ccccc3c3ccc(-c4ccc5c6ccccc6n(-c6ccccc6)c5c4)cc3c12)c1ccccc1. The first-order chi connectivity index (χ1) is 24.2. The van der Waals surface area contributed by atoms with Gasteiger partial charge in [0.05, 0.1) is 22.4 Å². The molecule has 3 nitrogen and oxygen atoms in total. The molecule has 9 rings (SSSR count). The lowest BCUT2D eigenvalue weighted by Crippen LogP contribution is -1.99. The topological polar surface area (TPSA) is 41.1 Å². The maximum atomic E-state index is 9.38. The van der Waals surface area contributed by atoms with Crippen LogP contribution in [0.5, 0.6) is 0 Å². The van der Waals surface area contributed by atoms with Crippen molar-refractivity contribution >= 4 is 72.2 Å². The zero-order chi connectivity index (χ0) is 32.9. The molecular weight excluding hydrogens is 595 g/mol. The predicted molar refractivity (Wildman–Crippen MR) is 210 cm³/mol. The minimum absolute atomic E-state index is 0.396. The summed E-state index contributed by atoms with van der Waals surface area (Å²) in [4.78, 5) is 4.31. The van der Waals surface area contributed by atoms with E-state index in [0.717, 1.165) is 44.1 Å². The first-order valence-electron chi connectivity index (χ1n) is 16.5. The van der Waals surface area contributed by atoms with Crippen molar-refractivity contribution in [2.24, 2.45) is 4.99 Å². The molecule has 0 amide bonds. The Hall–Kier alpha value is -6.58. The Morgan fingerprint density at radius 1 is 0.510 bits per heavy atom. The predicted octanol–water partition coefficient (Wildman–Crippen LogP) is 12.0. The number of para-hydroxylation sites is 2. The lowest BCUT2D eigenvalue weighted by Gasteiger charge is -2.15. The Morgan fingerprint density at radius 2 is 1.08 bits per heavy atom. The minimum atomic E-state index is 0.396. The number of hydrogen-bond donors (Lipinski definition) is 1. The maximum Gasteiger partial charge on any atom is 0.0716 e. The number of nitrogens with one attached hydrogen (secondary N) is 1. The quantitative estimate of drug-likeness (QED) is 0.141. The van der Waals surface area contributed by atoms with Gasteiger partial charge in [0.2, 0.25) is 0 Å². The number of rotatable bonds is 6. The first-order valence-corrected chi connectivity index (χ1v) is 16.5. The number of fused-ring (bicyclic) bond motifs is 9. The summed E-state index contributed by atoms with van der Waals surface area (Å²) in [7, 11) is 0. The summed E-state index contributed by atoms with van der Waals surface area (Å²) in [5, 5.41) is 18.7. The van der Waals surface area contributed by atoms with Gasteiger partial charge < -0.3 is 9.98 Å². The monoisotopic (exact) mass is 625 g/mol. The van der Waals surface area contributed by atoms with Crippen LogP contribution in [0.15, 0.2) is 175 Å². The van der Waals surface area contributed by atoms with Gasteiger partial charge in [0, 0.05) is 27.6 Å². The normalized spacial score (nSPS) is 12.0. The van der Waals surface area contributed by atoms with Crippen molar-refractivity contribution in [3.8, 4) is 16.8 Å². The minimum Gasteiger partial charge on any atom is -0.309 e. The highest BCUT2D eigenvalue weighted by Crippen LogP contribution is 2.40. The van der Waals surface area contributed by atoms with E-state index in [0.29, 0.717) is 11.4 Å². The van der Waals surface area contributed by atoms with E-state index in [1.807, 2.05) is 36.4 Å². The Kier molecular flexibility index (Phi) is 6.77. The fraction of sp³-hybridized carbons (Fsp3) is 0.